The second kappa shape index (κ2) is 6.98. The van der Waals surface area contributed by atoms with Crippen LogP contribution >= 0.6 is 0 Å². The highest BCUT2D eigenvalue weighted by Crippen LogP contribution is 2.54. The number of nitrogens with two attached hydrogens (primary N) is 1. The van der Waals surface area contributed by atoms with Crippen LogP contribution in [0.25, 0.3) is 0 Å². The Bertz CT molecular complexity index is 747. The van der Waals surface area contributed by atoms with E-state index in [4.69, 9.17) is 10.5 Å². The van der Waals surface area contributed by atoms with Crippen LogP contribution in [-0.4, -0.2) is 47.7 Å². The molecule has 0 bridgehead atoms. The summed E-state index contributed by atoms with van der Waals surface area (Å²) < 4.78 is 5.51. The summed E-state index contributed by atoms with van der Waals surface area (Å²) in [4.78, 5) is 16.7. The molecular formula is C24H37N3O2. The number of carbonyl (C=O) groups is 1. The standard InChI is InChI=1S/C24H37N3O2/c1-17(25)18-6-8-19(9-7-18)20(12-23(5)10-11-23)26-13-24(14-26)15-27(16-24)21(28)29-22(2,3)4/h6-9,17,20H,10-16,25H2,1-5H3/t17-,20?/m0/s1. The normalized spacial score (nSPS) is 24.4. The van der Waals surface area contributed by atoms with E-state index >= 15 is 0 Å². The number of carbonyl (C=O) groups excluding carboxylic acids is 1. The van der Waals surface area contributed by atoms with Gasteiger partial charge in [0.2, 0.25) is 0 Å². The molecule has 3 fully saturated rings. The van der Waals surface area contributed by atoms with Crippen molar-refractivity contribution < 1.29 is 9.53 Å². The fourth-order valence-corrected chi connectivity index (χ4v) is 4.82. The van der Waals surface area contributed by atoms with Gasteiger partial charge in [0.25, 0.3) is 0 Å². The molecule has 29 heavy (non-hydrogen) atoms. The van der Waals surface area contributed by atoms with Gasteiger partial charge in [0, 0.05) is 43.7 Å². The van der Waals surface area contributed by atoms with Gasteiger partial charge in [0.1, 0.15) is 5.60 Å². The van der Waals surface area contributed by atoms with Gasteiger partial charge in [0.15, 0.2) is 0 Å². The number of ether oxygens (including phenoxy) is 1. The number of nitrogens with zero attached hydrogens (tertiary/aromatic N) is 2. The molecule has 160 valence electrons. The van der Waals surface area contributed by atoms with E-state index in [-0.39, 0.29) is 17.6 Å². The zero-order valence-electron chi connectivity index (χ0n) is 18.7. The number of hydrogen-bond acceptors (Lipinski definition) is 4. The van der Waals surface area contributed by atoms with Gasteiger partial charge in [0.05, 0.1) is 0 Å². The summed E-state index contributed by atoms with van der Waals surface area (Å²) in [6, 6.07) is 9.45. The molecule has 2 N–H and O–H groups in total. The average molecular weight is 400 g/mol. The first-order valence-corrected chi connectivity index (χ1v) is 11.1. The van der Waals surface area contributed by atoms with E-state index in [1.165, 1.54) is 30.4 Å². The molecule has 0 radical (unpaired) electrons. The van der Waals surface area contributed by atoms with Gasteiger partial charge in [-0.1, -0.05) is 31.2 Å². The van der Waals surface area contributed by atoms with Crippen LogP contribution in [0.3, 0.4) is 0 Å². The fourth-order valence-electron chi connectivity index (χ4n) is 4.82. The second-order valence-electron chi connectivity index (χ2n) is 11.2. The number of likely N-dealkylation sites (tertiary alicyclic amines) is 2. The molecule has 5 nitrogen and oxygen atoms in total. The van der Waals surface area contributed by atoms with E-state index in [2.05, 4.69) is 36.1 Å². The summed E-state index contributed by atoms with van der Waals surface area (Å²) in [6.45, 7) is 14.0. The van der Waals surface area contributed by atoms with Gasteiger partial charge < -0.3 is 15.4 Å². The quantitative estimate of drug-likeness (QED) is 0.792. The minimum atomic E-state index is -0.427. The Morgan fingerprint density at radius 3 is 2.14 bits per heavy atom. The summed E-state index contributed by atoms with van der Waals surface area (Å²) in [7, 11) is 0. The first-order valence-electron chi connectivity index (χ1n) is 11.1. The maximum Gasteiger partial charge on any atom is 0.410 e. The molecule has 1 saturated carbocycles. The molecule has 1 aromatic carbocycles. The fraction of sp³-hybridized carbons (Fsp3) is 0.708. The van der Waals surface area contributed by atoms with Gasteiger partial charge in [-0.15, -0.1) is 0 Å². The lowest BCUT2D eigenvalue weighted by Crippen LogP contribution is -2.73. The zero-order chi connectivity index (χ0) is 21.0. The van der Waals surface area contributed by atoms with Crippen LogP contribution < -0.4 is 5.73 Å². The zero-order valence-corrected chi connectivity index (χ0v) is 18.7. The lowest BCUT2D eigenvalue weighted by molar-refractivity contribution is -0.130. The summed E-state index contributed by atoms with van der Waals surface area (Å²) in [6.07, 6.45) is 3.73. The lowest BCUT2D eigenvalue weighted by Gasteiger charge is -2.61. The van der Waals surface area contributed by atoms with Gasteiger partial charge in [-0.25, -0.2) is 4.79 Å². The van der Waals surface area contributed by atoms with E-state index in [0.29, 0.717) is 11.5 Å². The number of hydrogen-bond donors (Lipinski definition) is 1. The van der Waals surface area contributed by atoms with Gasteiger partial charge in [-0.3, -0.25) is 4.90 Å². The Balaban J connectivity index is 1.38. The maximum absolute atomic E-state index is 12.3. The highest BCUT2D eigenvalue weighted by atomic mass is 16.6. The third kappa shape index (κ3) is 4.46. The smallest absolute Gasteiger partial charge is 0.410 e. The Morgan fingerprint density at radius 1 is 1.10 bits per heavy atom. The van der Waals surface area contributed by atoms with Crippen molar-refractivity contribution in [3.05, 3.63) is 35.4 Å². The largest absolute Gasteiger partial charge is 0.444 e. The van der Waals surface area contributed by atoms with Crippen LogP contribution in [-0.2, 0) is 4.74 Å². The minimum Gasteiger partial charge on any atom is -0.444 e. The van der Waals surface area contributed by atoms with Crippen molar-refractivity contribution in [2.24, 2.45) is 16.6 Å². The Morgan fingerprint density at radius 2 is 1.66 bits per heavy atom. The summed E-state index contributed by atoms with van der Waals surface area (Å²) in [5.41, 5.74) is 8.97. The number of rotatable bonds is 5. The van der Waals surface area contributed by atoms with Gasteiger partial charge in [-0.05, 0) is 63.5 Å². The van der Waals surface area contributed by atoms with E-state index in [1.807, 2.05) is 32.6 Å². The third-order valence-electron chi connectivity index (χ3n) is 6.86. The predicted molar refractivity (Wildman–Crippen MR) is 116 cm³/mol. The lowest BCUT2D eigenvalue weighted by atomic mass is 9.71. The molecule has 2 heterocycles. The molecule has 2 atom stereocenters. The summed E-state index contributed by atoms with van der Waals surface area (Å²) in [5.74, 6) is 0. The molecule has 0 aromatic heterocycles. The molecular weight excluding hydrogens is 362 g/mol. The van der Waals surface area contributed by atoms with Crippen LogP contribution in [0.1, 0.15) is 77.1 Å². The third-order valence-corrected chi connectivity index (χ3v) is 6.86. The van der Waals surface area contributed by atoms with Crippen molar-refractivity contribution in [2.75, 3.05) is 26.2 Å². The van der Waals surface area contributed by atoms with E-state index < -0.39 is 5.60 Å². The molecule has 1 aliphatic carbocycles. The molecule has 3 aliphatic rings. The molecule has 2 saturated heterocycles. The topological polar surface area (TPSA) is 58.8 Å². The number of benzene rings is 1. The van der Waals surface area contributed by atoms with Crippen LogP contribution in [0.4, 0.5) is 4.79 Å². The van der Waals surface area contributed by atoms with Crippen LogP contribution in [0.5, 0.6) is 0 Å². The van der Waals surface area contributed by atoms with E-state index in [1.54, 1.807) is 0 Å². The van der Waals surface area contributed by atoms with Gasteiger partial charge >= 0.3 is 6.09 Å². The second-order valence-corrected chi connectivity index (χ2v) is 11.2. The van der Waals surface area contributed by atoms with Crippen LogP contribution in [0.2, 0.25) is 0 Å². The van der Waals surface area contributed by atoms with Crippen molar-refractivity contribution in [3.8, 4) is 0 Å². The summed E-state index contributed by atoms with van der Waals surface area (Å²) in [5, 5.41) is 0. The first-order chi connectivity index (χ1) is 13.5. The molecule has 1 unspecified atom stereocenters. The first kappa shape index (κ1) is 20.7. The summed E-state index contributed by atoms with van der Waals surface area (Å²) >= 11 is 0. The predicted octanol–water partition coefficient (Wildman–Crippen LogP) is 4.49. The monoisotopic (exact) mass is 399 g/mol. The van der Waals surface area contributed by atoms with Crippen LogP contribution in [0.15, 0.2) is 24.3 Å². The van der Waals surface area contributed by atoms with Crippen molar-refractivity contribution in [2.45, 2.75) is 71.6 Å². The minimum absolute atomic E-state index is 0.0736. The molecule has 2 aliphatic heterocycles. The van der Waals surface area contributed by atoms with Gasteiger partial charge in [-0.2, -0.15) is 0 Å². The Hall–Kier alpha value is -1.59. The van der Waals surface area contributed by atoms with Crippen LogP contribution in [0, 0.1) is 10.8 Å². The van der Waals surface area contributed by atoms with Crippen molar-refractivity contribution in [3.63, 3.8) is 0 Å². The van der Waals surface area contributed by atoms with Crippen molar-refractivity contribution in [1.29, 1.82) is 0 Å². The highest BCUT2D eigenvalue weighted by Gasteiger charge is 2.56. The average Bonchev–Trinajstić information content (AvgIpc) is 3.27. The van der Waals surface area contributed by atoms with Crippen molar-refractivity contribution >= 4 is 6.09 Å². The van der Waals surface area contributed by atoms with E-state index in [9.17, 15) is 4.79 Å². The molecule has 1 spiro atoms. The SMILES string of the molecule is C[C@H](N)c1ccc(C(CC2(C)CC2)N2CC3(CN(C(=O)OC(C)(C)C)C3)C2)cc1. The molecule has 1 amide bonds. The molecule has 5 heteroatoms. The van der Waals surface area contributed by atoms with E-state index in [0.717, 1.165) is 26.2 Å². The molecule has 1 aromatic rings. The maximum atomic E-state index is 12.3. The van der Waals surface area contributed by atoms with Crippen molar-refractivity contribution in [1.82, 2.24) is 9.80 Å². The highest BCUT2D eigenvalue weighted by molar-refractivity contribution is 5.69. The number of amides is 1. The Kier molecular flexibility index (Phi) is 4.98. The Labute approximate surface area is 175 Å². The molecule has 4 rings (SSSR count).